The molecule has 0 aliphatic carbocycles. The number of halogens is 1. The summed E-state index contributed by atoms with van der Waals surface area (Å²) < 4.78 is 27.8. The number of aromatic nitrogens is 3. The van der Waals surface area contributed by atoms with Gasteiger partial charge < -0.3 is 15.2 Å². The second kappa shape index (κ2) is 11.9. The molecule has 0 saturated carbocycles. The van der Waals surface area contributed by atoms with Crippen LogP contribution in [0.5, 0.6) is 0 Å². The molecule has 1 atom stereocenters. The van der Waals surface area contributed by atoms with E-state index < -0.39 is 10.0 Å². The number of aliphatic imine (C=N–C) groups is 1. The SMILES string of the molecule is CCS(=O)(=O)N1CCC(NC(=NCc2nnc(C)n2C)NC(C)c2ccccc2)CC1.I. The topological polar surface area (TPSA) is 105 Å². The first-order valence-corrected chi connectivity index (χ1v) is 12.4. The third-order valence-corrected chi connectivity index (χ3v) is 7.65. The largest absolute Gasteiger partial charge is 0.354 e. The fourth-order valence-electron chi connectivity index (χ4n) is 3.56. The summed E-state index contributed by atoms with van der Waals surface area (Å²) >= 11 is 0. The van der Waals surface area contributed by atoms with Crippen molar-refractivity contribution in [3.05, 3.63) is 47.5 Å². The van der Waals surface area contributed by atoms with Crippen LogP contribution in [0.15, 0.2) is 35.3 Å². The molecule has 1 unspecified atom stereocenters. The lowest BCUT2D eigenvalue weighted by Crippen LogP contribution is -2.50. The molecular weight excluding hydrogens is 541 g/mol. The second-order valence-corrected chi connectivity index (χ2v) is 10.1. The molecule has 3 rings (SSSR count). The molecule has 11 heteroatoms. The van der Waals surface area contributed by atoms with Crippen LogP contribution in [0.1, 0.15) is 49.9 Å². The molecule has 2 N–H and O–H groups in total. The maximum atomic E-state index is 12.1. The van der Waals surface area contributed by atoms with Gasteiger partial charge in [-0.3, -0.25) is 0 Å². The highest BCUT2D eigenvalue weighted by atomic mass is 127. The fraction of sp³-hybridized carbons (Fsp3) is 0.571. The van der Waals surface area contributed by atoms with E-state index in [9.17, 15) is 8.42 Å². The van der Waals surface area contributed by atoms with E-state index in [0.29, 0.717) is 25.6 Å². The minimum absolute atomic E-state index is 0. The molecule has 2 aromatic rings. The highest BCUT2D eigenvalue weighted by Gasteiger charge is 2.27. The van der Waals surface area contributed by atoms with Crippen molar-refractivity contribution in [3.8, 4) is 0 Å². The molecular formula is C21H34IN7O2S. The molecule has 0 spiro atoms. The Kier molecular flexibility index (Phi) is 9.89. The number of rotatable bonds is 7. The molecule has 2 heterocycles. The maximum absolute atomic E-state index is 12.1. The van der Waals surface area contributed by atoms with E-state index in [1.54, 1.807) is 11.2 Å². The Bertz CT molecular complexity index is 987. The first-order valence-electron chi connectivity index (χ1n) is 10.7. The van der Waals surface area contributed by atoms with Gasteiger partial charge in [0.15, 0.2) is 11.8 Å². The highest BCUT2D eigenvalue weighted by molar-refractivity contribution is 14.0. The van der Waals surface area contributed by atoms with Gasteiger partial charge in [-0.25, -0.2) is 17.7 Å². The van der Waals surface area contributed by atoms with Crippen molar-refractivity contribution in [1.82, 2.24) is 29.7 Å². The van der Waals surface area contributed by atoms with E-state index in [-0.39, 0.29) is 41.8 Å². The van der Waals surface area contributed by atoms with E-state index >= 15 is 0 Å². The van der Waals surface area contributed by atoms with Crippen molar-refractivity contribution >= 4 is 40.0 Å². The number of sulfonamides is 1. The number of nitrogens with one attached hydrogen (secondary N) is 2. The molecule has 0 bridgehead atoms. The van der Waals surface area contributed by atoms with Crippen LogP contribution in [-0.4, -0.2) is 58.3 Å². The third-order valence-electron chi connectivity index (χ3n) is 5.77. The van der Waals surface area contributed by atoms with Crippen LogP contribution in [0, 0.1) is 6.92 Å². The van der Waals surface area contributed by atoms with Crippen LogP contribution >= 0.6 is 24.0 Å². The Morgan fingerprint density at radius 3 is 2.44 bits per heavy atom. The first-order chi connectivity index (χ1) is 14.8. The summed E-state index contributed by atoms with van der Waals surface area (Å²) in [5.41, 5.74) is 1.16. The lowest BCUT2D eigenvalue weighted by molar-refractivity contribution is 0.306. The molecule has 32 heavy (non-hydrogen) atoms. The van der Waals surface area contributed by atoms with Crippen LogP contribution in [0.4, 0.5) is 0 Å². The summed E-state index contributed by atoms with van der Waals surface area (Å²) in [5, 5.41) is 15.3. The molecule has 9 nitrogen and oxygen atoms in total. The Labute approximate surface area is 208 Å². The van der Waals surface area contributed by atoms with Crippen molar-refractivity contribution in [2.75, 3.05) is 18.8 Å². The average Bonchev–Trinajstić information content (AvgIpc) is 3.10. The van der Waals surface area contributed by atoms with Crippen LogP contribution < -0.4 is 10.6 Å². The number of hydrogen-bond donors (Lipinski definition) is 2. The van der Waals surface area contributed by atoms with Gasteiger partial charge in [0, 0.05) is 26.2 Å². The molecule has 1 fully saturated rings. The molecule has 1 aliphatic heterocycles. The lowest BCUT2D eigenvalue weighted by Gasteiger charge is -2.32. The first kappa shape index (κ1) is 26.5. The Morgan fingerprint density at radius 2 is 1.88 bits per heavy atom. The zero-order chi connectivity index (χ0) is 22.4. The second-order valence-electron chi connectivity index (χ2n) is 7.88. The minimum Gasteiger partial charge on any atom is -0.354 e. The standard InChI is InChI=1S/C21H33N7O2S.HI/c1-5-31(29,30)28-13-11-19(12-14-28)24-21(22-15-20-26-25-17(3)27(20)4)23-16(2)18-9-7-6-8-10-18;/h6-10,16,19H,5,11-15H2,1-4H3,(H2,22,23,24);1H. The van der Waals surface area contributed by atoms with Gasteiger partial charge in [0.25, 0.3) is 0 Å². The van der Waals surface area contributed by atoms with Crippen LogP contribution in [-0.2, 0) is 23.6 Å². The number of benzene rings is 1. The van der Waals surface area contributed by atoms with E-state index in [4.69, 9.17) is 4.99 Å². The van der Waals surface area contributed by atoms with E-state index in [1.807, 2.05) is 36.7 Å². The van der Waals surface area contributed by atoms with Gasteiger partial charge in [0.1, 0.15) is 12.4 Å². The summed E-state index contributed by atoms with van der Waals surface area (Å²) in [5.74, 6) is 2.46. The van der Waals surface area contributed by atoms with E-state index in [2.05, 4.69) is 39.9 Å². The van der Waals surface area contributed by atoms with Gasteiger partial charge in [-0.2, -0.15) is 0 Å². The highest BCUT2D eigenvalue weighted by Crippen LogP contribution is 2.16. The quantitative estimate of drug-likeness (QED) is 0.299. The molecule has 1 aromatic heterocycles. The monoisotopic (exact) mass is 575 g/mol. The van der Waals surface area contributed by atoms with E-state index in [0.717, 1.165) is 30.1 Å². The smallest absolute Gasteiger partial charge is 0.213 e. The van der Waals surface area contributed by atoms with Gasteiger partial charge in [0.2, 0.25) is 10.0 Å². The average molecular weight is 576 g/mol. The molecule has 1 aliphatic rings. The van der Waals surface area contributed by atoms with Crippen molar-refractivity contribution in [2.24, 2.45) is 12.0 Å². The Morgan fingerprint density at radius 1 is 1.22 bits per heavy atom. The summed E-state index contributed by atoms with van der Waals surface area (Å²) in [7, 11) is -1.21. The molecule has 0 radical (unpaired) electrons. The number of guanidine groups is 1. The van der Waals surface area contributed by atoms with Gasteiger partial charge in [-0.1, -0.05) is 30.3 Å². The normalized spacial score (nSPS) is 16.9. The molecule has 1 aromatic carbocycles. The van der Waals surface area contributed by atoms with E-state index in [1.165, 1.54) is 0 Å². The maximum Gasteiger partial charge on any atom is 0.213 e. The fourth-order valence-corrected chi connectivity index (χ4v) is 4.69. The van der Waals surface area contributed by atoms with Gasteiger partial charge >= 0.3 is 0 Å². The summed E-state index contributed by atoms with van der Waals surface area (Å²) in [4.78, 5) is 4.75. The summed E-state index contributed by atoms with van der Waals surface area (Å²) in [6, 6.07) is 10.4. The van der Waals surface area contributed by atoms with Gasteiger partial charge in [0.05, 0.1) is 11.8 Å². The molecule has 1 saturated heterocycles. The predicted molar refractivity (Wildman–Crippen MR) is 137 cm³/mol. The molecule has 0 amide bonds. The predicted octanol–water partition coefficient (Wildman–Crippen LogP) is 2.35. The Balaban J connectivity index is 0.00000363. The number of hydrogen-bond acceptors (Lipinski definition) is 5. The van der Waals surface area contributed by atoms with Crippen LogP contribution in [0.3, 0.4) is 0 Å². The minimum atomic E-state index is -3.14. The lowest BCUT2D eigenvalue weighted by atomic mass is 10.1. The van der Waals surface area contributed by atoms with Crippen molar-refractivity contribution in [1.29, 1.82) is 0 Å². The van der Waals surface area contributed by atoms with Crippen molar-refractivity contribution in [2.45, 2.75) is 52.2 Å². The summed E-state index contributed by atoms with van der Waals surface area (Å²) in [6.07, 6.45) is 1.48. The van der Waals surface area contributed by atoms with Crippen molar-refractivity contribution in [3.63, 3.8) is 0 Å². The third kappa shape index (κ3) is 6.88. The van der Waals surface area contributed by atoms with Gasteiger partial charge in [-0.05, 0) is 39.2 Å². The van der Waals surface area contributed by atoms with Crippen molar-refractivity contribution < 1.29 is 8.42 Å². The summed E-state index contributed by atoms with van der Waals surface area (Å²) in [6.45, 7) is 7.14. The molecule has 178 valence electrons. The zero-order valence-electron chi connectivity index (χ0n) is 19.2. The number of nitrogens with zero attached hydrogens (tertiary/aromatic N) is 5. The van der Waals surface area contributed by atoms with Gasteiger partial charge in [-0.15, -0.1) is 34.2 Å². The Hall–Kier alpha value is -1.73. The zero-order valence-corrected chi connectivity index (χ0v) is 22.3. The van der Waals surface area contributed by atoms with Crippen LogP contribution in [0.2, 0.25) is 0 Å². The van der Waals surface area contributed by atoms with Crippen LogP contribution in [0.25, 0.3) is 0 Å². The number of piperidine rings is 1. The number of aryl methyl sites for hydroxylation is 1.